The lowest BCUT2D eigenvalue weighted by atomic mass is 10.1. The molecule has 0 saturated carbocycles. The number of carboxylic acid groups (broad SMARTS) is 1. The summed E-state index contributed by atoms with van der Waals surface area (Å²) < 4.78 is 7.03. The number of fused-ring (bicyclic) bond motifs is 1. The Morgan fingerprint density at radius 3 is 2.83 bits per heavy atom. The van der Waals surface area contributed by atoms with Gasteiger partial charge < -0.3 is 9.84 Å². The Bertz CT molecular complexity index is 590. The van der Waals surface area contributed by atoms with Crippen LogP contribution < -0.4 is 0 Å². The van der Waals surface area contributed by atoms with Gasteiger partial charge in [-0.1, -0.05) is 18.2 Å². The normalized spacial score (nSPS) is 14.2. The molecule has 1 aromatic carbocycles. The summed E-state index contributed by atoms with van der Waals surface area (Å²) in [4.78, 5) is 11.2. The Kier molecular flexibility index (Phi) is 2.60. The maximum atomic E-state index is 11.2. The second-order valence-electron chi connectivity index (χ2n) is 4.13. The average molecular weight is 244 g/mol. The fourth-order valence-corrected chi connectivity index (χ4v) is 2.19. The maximum Gasteiger partial charge on any atom is 0.356 e. The second kappa shape index (κ2) is 4.27. The quantitative estimate of drug-likeness (QED) is 0.872. The summed E-state index contributed by atoms with van der Waals surface area (Å²) in [5.41, 5.74) is 2.60. The van der Waals surface area contributed by atoms with Gasteiger partial charge in [0.15, 0.2) is 5.69 Å². The molecule has 0 saturated heterocycles. The largest absolute Gasteiger partial charge is 0.476 e. The van der Waals surface area contributed by atoms with Crippen LogP contribution in [0.15, 0.2) is 30.3 Å². The number of aromatic carboxylic acids is 1. The van der Waals surface area contributed by atoms with Gasteiger partial charge in [-0.05, 0) is 12.1 Å². The molecule has 1 N–H and O–H groups in total. The molecule has 0 radical (unpaired) electrons. The van der Waals surface area contributed by atoms with E-state index in [1.54, 1.807) is 4.68 Å². The molecule has 5 nitrogen and oxygen atoms in total. The van der Waals surface area contributed by atoms with Gasteiger partial charge in [0.05, 0.1) is 24.6 Å². The van der Waals surface area contributed by atoms with Crippen LogP contribution in [0.5, 0.6) is 0 Å². The van der Waals surface area contributed by atoms with Crippen molar-refractivity contribution in [2.24, 2.45) is 0 Å². The van der Waals surface area contributed by atoms with Crippen molar-refractivity contribution >= 4 is 5.97 Å². The van der Waals surface area contributed by atoms with Gasteiger partial charge in [-0.3, -0.25) is 0 Å². The SMILES string of the molecule is O=C(O)c1nn(-c2ccccc2)c2c1COCC2. The minimum absolute atomic E-state index is 0.0913. The Morgan fingerprint density at radius 1 is 1.33 bits per heavy atom. The van der Waals surface area contributed by atoms with Crippen LogP contribution in [-0.4, -0.2) is 27.5 Å². The highest BCUT2D eigenvalue weighted by molar-refractivity contribution is 5.87. The molecule has 0 atom stereocenters. The second-order valence-corrected chi connectivity index (χ2v) is 4.13. The minimum atomic E-state index is -1.01. The number of aromatic nitrogens is 2. The molecule has 1 aromatic heterocycles. The number of para-hydroxylation sites is 1. The third-order valence-corrected chi connectivity index (χ3v) is 3.02. The standard InChI is InChI=1S/C13H12N2O3/c16-13(17)12-10-8-18-7-6-11(10)15(14-12)9-4-2-1-3-5-9/h1-5H,6-8H2,(H,16,17). The number of ether oxygens (including phenoxy) is 1. The molecule has 0 amide bonds. The summed E-state index contributed by atoms with van der Waals surface area (Å²) in [7, 11) is 0. The highest BCUT2D eigenvalue weighted by Crippen LogP contribution is 2.23. The Hall–Kier alpha value is -2.14. The molecule has 2 heterocycles. The van der Waals surface area contributed by atoms with Crippen molar-refractivity contribution in [3.8, 4) is 5.69 Å². The highest BCUT2D eigenvalue weighted by Gasteiger charge is 2.25. The molecule has 0 aliphatic carbocycles. The van der Waals surface area contributed by atoms with Crippen LogP contribution >= 0.6 is 0 Å². The van der Waals surface area contributed by atoms with Gasteiger partial charge >= 0.3 is 5.97 Å². The Morgan fingerprint density at radius 2 is 2.11 bits per heavy atom. The number of hydrogen-bond donors (Lipinski definition) is 1. The third-order valence-electron chi connectivity index (χ3n) is 3.02. The first-order valence-corrected chi connectivity index (χ1v) is 5.74. The maximum absolute atomic E-state index is 11.2. The van der Waals surface area contributed by atoms with Gasteiger partial charge in [0.25, 0.3) is 0 Å². The predicted molar refractivity (Wildman–Crippen MR) is 63.9 cm³/mol. The van der Waals surface area contributed by atoms with E-state index in [2.05, 4.69) is 5.10 Å². The number of hydrogen-bond acceptors (Lipinski definition) is 3. The van der Waals surface area contributed by atoms with E-state index in [1.807, 2.05) is 30.3 Å². The molecule has 1 aliphatic heterocycles. The molecule has 18 heavy (non-hydrogen) atoms. The molecule has 0 bridgehead atoms. The van der Waals surface area contributed by atoms with Gasteiger partial charge in [0, 0.05) is 12.0 Å². The van der Waals surface area contributed by atoms with Crippen LogP contribution in [0.1, 0.15) is 21.7 Å². The van der Waals surface area contributed by atoms with E-state index in [-0.39, 0.29) is 5.69 Å². The van der Waals surface area contributed by atoms with E-state index in [0.29, 0.717) is 25.2 Å². The number of carbonyl (C=O) groups is 1. The average Bonchev–Trinajstić information content (AvgIpc) is 2.79. The Balaban J connectivity index is 2.18. The van der Waals surface area contributed by atoms with E-state index < -0.39 is 5.97 Å². The lowest BCUT2D eigenvalue weighted by Gasteiger charge is -2.14. The lowest BCUT2D eigenvalue weighted by molar-refractivity contribution is 0.0677. The zero-order valence-electron chi connectivity index (χ0n) is 9.67. The van der Waals surface area contributed by atoms with E-state index in [0.717, 1.165) is 11.4 Å². The summed E-state index contributed by atoms with van der Waals surface area (Å²) in [5, 5.41) is 13.4. The number of rotatable bonds is 2. The van der Waals surface area contributed by atoms with Crippen LogP contribution in [0, 0.1) is 0 Å². The molecule has 0 unspecified atom stereocenters. The zero-order valence-corrected chi connectivity index (χ0v) is 9.67. The number of carboxylic acids is 1. The van der Waals surface area contributed by atoms with Crippen molar-refractivity contribution in [3.63, 3.8) is 0 Å². The monoisotopic (exact) mass is 244 g/mol. The zero-order chi connectivity index (χ0) is 12.5. The smallest absolute Gasteiger partial charge is 0.356 e. The van der Waals surface area contributed by atoms with Crippen LogP contribution in [0.4, 0.5) is 0 Å². The van der Waals surface area contributed by atoms with Gasteiger partial charge in [-0.15, -0.1) is 0 Å². The molecule has 5 heteroatoms. The van der Waals surface area contributed by atoms with Crippen molar-refractivity contribution in [2.45, 2.75) is 13.0 Å². The summed E-state index contributed by atoms with van der Waals surface area (Å²) >= 11 is 0. The van der Waals surface area contributed by atoms with Gasteiger partial charge in [-0.25, -0.2) is 9.48 Å². The third kappa shape index (κ3) is 1.69. The molecule has 3 rings (SSSR count). The van der Waals surface area contributed by atoms with Gasteiger partial charge in [0.1, 0.15) is 0 Å². The summed E-state index contributed by atoms with van der Waals surface area (Å²) in [6, 6.07) is 9.55. The molecular weight excluding hydrogens is 232 g/mol. The van der Waals surface area contributed by atoms with Crippen molar-refractivity contribution < 1.29 is 14.6 Å². The summed E-state index contributed by atoms with van der Waals surface area (Å²) in [6.45, 7) is 0.925. The van der Waals surface area contributed by atoms with E-state index in [9.17, 15) is 4.79 Å². The predicted octanol–water partition coefficient (Wildman–Crippen LogP) is 1.64. The summed E-state index contributed by atoms with van der Waals surface area (Å²) in [6.07, 6.45) is 0.685. The first-order valence-electron chi connectivity index (χ1n) is 5.74. The van der Waals surface area contributed by atoms with Gasteiger partial charge in [0.2, 0.25) is 0 Å². The Labute approximate surface area is 104 Å². The molecule has 2 aromatic rings. The minimum Gasteiger partial charge on any atom is -0.476 e. The van der Waals surface area contributed by atoms with Crippen LogP contribution in [0.25, 0.3) is 5.69 Å². The van der Waals surface area contributed by atoms with E-state index in [1.165, 1.54) is 0 Å². The molecule has 1 aliphatic rings. The number of benzene rings is 1. The summed E-state index contributed by atoms with van der Waals surface area (Å²) in [5.74, 6) is -1.01. The molecule has 92 valence electrons. The van der Waals surface area contributed by atoms with Crippen LogP contribution in [-0.2, 0) is 17.8 Å². The van der Waals surface area contributed by atoms with Crippen molar-refractivity contribution in [1.29, 1.82) is 0 Å². The molecule has 0 spiro atoms. The molecular formula is C13H12N2O3. The number of nitrogens with zero attached hydrogens (tertiary/aromatic N) is 2. The fourth-order valence-electron chi connectivity index (χ4n) is 2.19. The van der Waals surface area contributed by atoms with Crippen LogP contribution in [0.2, 0.25) is 0 Å². The first-order chi connectivity index (χ1) is 8.77. The highest BCUT2D eigenvalue weighted by atomic mass is 16.5. The first kappa shape index (κ1) is 11.0. The van der Waals surface area contributed by atoms with Crippen molar-refractivity contribution in [2.75, 3.05) is 6.61 Å². The van der Waals surface area contributed by atoms with Crippen LogP contribution in [0.3, 0.4) is 0 Å². The van der Waals surface area contributed by atoms with Crippen molar-refractivity contribution in [1.82, 2.24) is 9.78 Å². The van der Waals surface area contributed by atoms with Gasteiger partial charge in [-0.2, -0.15) is 5.10 Å². The van der Waals surface area contributed by atoms with E-state index in [4.69, 9.17) is 9.84 Å². The lowest BCUT2D eigenvalue weighted by Crippen LogP contribution is -2.13. The topological polar surface area (TPSA) is 64.3 Å². The van der Waals surface area contributed by atoms with Crippen molar-refractivity contribution in [3.05, 3.63) is 47.3 Å². The molecule has 0 fully saturated rings. The fraction of sp³-hybridized carbons (Fsp3) is 0.231. The van der Waals surface area contributed by atoms with E-state index >= 15 is 0 Å².